The Hall–Kier alpha value is -5.04. The number of methoxy groups -OCH3 is 1. The minimum Gasteiger partial charge on any atom is -0.493 e. The lowest BCUT2D eigenvalue weighted by Gasteiger charge is -2.38. The second kappa shape index (κ2) is 11.9. The molecule has 48 heavy (non-hydrogen) atoms. The SMILES string of the molecule is COc1cc2c3ccccc3c3ccccc3c2c2c1OC(c1ccc(N3CCOCC3)cc1)(c1ccc(N3CCOCC3)cc1)C=C2. The summed E-state index contributed by atoms with van der Waals surface area (Å²) >= 11 is 0. The van der Waals surface area contributed by atoms with Crippen LogP contribution in [-0.2, 0) is 15.1 Å². The van der Waals surface area contributed by atoms with Gasteiger partial charge in [0.2, 0.25) is 0 Å². The van der Waals surface area contributed by atoms with Gasteiger partial charge in [0, 0.05) is 59.6 Å². The predicted molar refractivity (Wildman–Crippen MR) is 195 cm³/mol. The molecule has 3 aliphatic heterocycles. The Morgan fingerprint density at radius 3 is 1.58 bits per heavy atom. The number of hydrogen-bond donors (Lipinski definition) is 0. The van der Waals surface area contributed by atoms with E-state index in [0.29, 0.717) is 0 Å². The number of ether oxygens (including phenoxy) is 4. The lowest BCUT2D eigenvalue weighted by Crippen LogP contribution is -2.37. The van der Waals surface area contributed by atoms with Gasteiger partial charge in [0.25, 0.3) is 0 Å². The number of hydrogen-bond acceptors (Lipinski definition) is 6. The molecular weight excluding hydrogens is 596 g/mol. The number of fused-ring (bicyclic) bond motifs is 8. The maximum Gasteiger partial charge on any atom is 0.178 e. The van der Waals surface area contributed by atoms with Crippen LogP contribution in [0.4, 0.5) is 11.4 Å². The van der Waals surface area contributed by atoms with E-state index < -0.39 is 5.60 Å². The van der Waals surface area contributed by atoms with E-state index in [0.717, 1.165) is 86.2 Å². The lowest BCUT2D eigenvalue weighted by molar-refractivity contribution is 0.122. The number of rotatable bonds is 5. The van der Waals surface area contributed by atoms with Crippen molar-refractivity contribution >= 4 is 49.8 Å². The summed E-state index contributed by atoms with van der Waals surface area (Å²) in [5.74, 6) is 1.48. The second-order valence-electron chi connectivity index (χ2n) is 12.8. The minimum absolute atomic E-state index is 0.724. The number of anilines is 2. The van der Waals surface area contributed by atoms with E-state index >= 15 is 0 Å². The molecule has 0 amide bonds. The van der Waals surface area contributed by atoms with Gasteiger partial charge in [-0.3, -0.25) is 0 Å². The number of morpholine rings is 2. The third kappa shape index (κ3) is 4.70. The maximum atomic E-state index is 7.37. The monoisotopic (exact) mass is 634 g/mol. The summed E-state index contributed by atoms with van der Waals surface area (Å²) in [6.07, 6.45) is 4.50. The molecule has 6 nitrogen and oxygen atoms in total. The van der Waals surface area contributed by atoms with Crippen LogP contribution in [0.5, 0.6) is 11.5 Å². The third-order valence-electron chi connectivity index (χ3n) is 10.3. The van der Waals surface area contributed by atoms with Gasteiger partial charge >= 0.3 is 0 Å². The molecule has 0 aromatic heterocycles. The summed E-state index contributed by atoms with van der Waals surface area (Å²) in [7, 11) is 1.74. The summed E-state index contributed by atoms with van der Waals surface area (Å²) in [4.78, 5) is 4.77. The molecule has 0 atom stereocenters. The van der Waals surface area contributed by atoms with E-state index in [4.69, 9.17) is 18.9 Å². The molecule has 6 aromatic rings. The first kappa shape index (κ1) is 29.1. The average Bonchev–Trinajstić information content (AvgIpc) is 3.18. The van der Waals surface area contributed by atoms with Crippen molar-refractivity contribution in [2.24, 2.45) is 0 Å². The van der Waals surface area contributed by atoms with Crippen LogP contribution in [0.2, 0.25) is 0 Å². The van der Waals surface area contributed by atoms with Gasteiger partial charge in [-0.1, -0.05) is 72.8 Å². The summed E-state index contributed by atoms with van der Waals surface area (Å²) in [6.45, 7) is 6.58. The van der Waals surface area contributed by atoms with Gasteiger partial charge in [-0.25, -0.2) is 0 Å². The van der Waals surface area contributed by atoms with Crippen molar-refractivity contribution in [2.75, 3.05) is 69.5 Å². The Labute approximate surface area is 280 Å². The molecule has 6 heteroatoms. The van der Waals surface area contributed by atoms with Gasteiger partial charge < -0.3 is 28.7 Å². The van der Waals surface area contributed by atoms with Gasteiger partial charge in [-0.15, -0.1) is 0 Å². The van der Waals surface area contributed by atoms with Gasteiger partial charge in [0.15, 0.2) is 17.1 Å². The highest BCUT2D eigenvalue weighted by Gasteiger charge is 2.39. The molecule has 0 saturated carbocycles. The van der Waals surface area contributed by atoms with E-state index in [1.165, 1.54) is 38.3 Å². The first-order valence-corrected chi connectivity index (χ1v) is 16.9. The normalized spacial score (nSPS) is 17.4. The van der Waals surface area contributed by atoms with Crippen LogP contribution in [0.15, 0.2) is 109 Å². The Kier molecular flexibility index (Phi) is 7.21. The Balaban J connectivity index is 1.23. The van der Waals surface area contributed by atoms with Gasteiger partial charge in [0.05, 0.1) is 33.5 Å². The van der Waals surface area contributed by atoms with E-state index in [9.17, 15) is 0 Å². The Morgan fingerprint density at radius 1 is 0.583 bits per heavy atom. The van der Waals surface area contributed by atoms with Crippen LogP contribution in [-0.4, -0.2) is 59.7 Å². The van der Waals surface area contributed by atoms with Crippen molar-refractivity contribution in [2.45, 2.75) is 5.60 Å². The molecule has 6 aromatic carbocycles. The highest BCUT2D eigenvalue weighted by Crippen LogP contribution is 2.51. The van der Waals surface area contributed by atoms with Gasteiger partial charge in [-0.05, 0) is 69.4 Å². The van der Waals surface area contributed by atoms with Crippen LogP contribution >= 0.6 is 0 Å². The maximum absolute atomic E-state index is 7.37. The highest BCUT2D eigenvalue weighted by molar-refractivity contribution is 6.27. The van der Waals surface area contributed by atoms with Crippen LogP contribution in [0.3, 0.4) is 0 Å². The molecule has 2 fully saturated rings. The van der Waals surface area contributed by atoms with E-state index in [2.05, 4.69) is 125 Å². The summed E-state index contributed by atoms with van der Waals surface area (Å²) < 4.78 is 24.7. The van der Waals surface area contributed by atoms with E-state index in [-0.39, 0.29) is 0 Å². The number of nitrogens with zero attached hydrogens (tertiary/aromatic N) is 2. The molecule has 240 valence electrons. The molecule has 0 radical (unpaired) electrons. The van der Waals surface area contributed by atoms with Crippen LogP contribution in [0.1, 0.15) is 16.7 Å². The van der Waals surface area contributed by atoms with E-state index in [1.54, 1.807) is 7.11 Å². The molecular formula is C42H38N2O4. The molecule has 0 unspecified atom stereocenters. The smallest absolute Gasteiger partial charge is 0.178 e. The third-order valence-corrected chi connectivity index (χ3v) is 10.3. The van der Waals surface area contributed by atoms with Crippen molar-refractivity contribution in [3.63, 3.8) is 0 Å². The molecule has 3 heterocycles. The zero-order valence-corrected chi connectivity index (χ0v) is 27.2. The Morgan fingerprint density at radius 2 is 1.06 bits per heavy atom. The van der Waals surface area contributed by atoms with Crippen molar-refractivity contribution in [3.05, 3.63) is 126 Å². The molecule has 0 N–H and O–H groups in total. The first-order valence-electron chi connectivity index (χ1n) is 16.9. The van der Waals surface area contributed by atoms with Crippen LogP contribution < -0.4 is 19.3 Å². The standard InChI is InChI=1S/C42H38N2O4/c1-45-39-28-38-35-8-3-2-6-33(35)34-7-4-5-9-36(34)40(38)37-18-19-42(48-41(37)39,29-10-14-31(15-11-29)43-20-24-46-25-21-43)30-12-16-32(17-13-30)44-22-26-47-27-23-44/h2-19,28H,20-27H2,1H3. The molecule has 0 aliphatic carbocycles. The van der Waals surface area contributed by atoms with Crippen molar-refractivity contribution < 1.29 is 18.9 Å². The quantitative estimate of drug-likeness (QED) is 0.178. The topological polar surface area (TPSA) is 43.4 Å². The highest BCUT2D eigenvalue weighted by atomic mass is 16.5. The summed E-state index contributed by atoms with van der Waals surface area (Å²) in [6, 6.07) is 37.2. The average molecular weight is 635 g/mol. The lowest BCUT2D eigenvalue weighted by atomic mass is 9.82. The van der Waals surface area contributed by atoms with Crippen molar-refractivity contribution in [3.8, 4) is 11.5 Å². The first-order chi connectivity index (χ1) is 23.7. The minimum atomic E-state index is -0.867. The Bertz CT molecular complexity index is 2100. The molecule has 3 aliphatic rings. The fourth-order valence-electron chi connectivity index (χ4n) is 7.82. The van der Waals surface area contributed by atoms with Crippen LogP contribution in [0, 0.1) is 0 Å². The molecule has 9 rings (SSSR count). The fourth-order valence-corrected chi connectivity index (χ4v) is 7.82. The zero-order valence-electron chi connectivity index (χ0n) is 27.2. The van der Waals surface area contributed by atoms with Crippen LogP contribution in [0.25, 0.3) is 38.4 Å². The second-order valence-corrected chi connectivity index (χ2v) is 12.8. The fraction of sp³-hybridized carbons (Fsp3) is 0.238. The summed E-state index contributed by atoms with van der Waals surface area (Å²) in [5, 5.41) is 7.21. The van der Waals surface area contributed by atoms with E-state index in [1.807, 2.05) is 0 Å². The van der Waals surface area contributed by atoms with Gasteiger partial charge in [0.1, 0.15) is 0 Å². The largest absolute Gasteiger partial charge is 0.493 e. The molecule has 2 saturated heterocycles. The predicted octanol–water partition coefficient (Wildman–Crippen LogP) is 8.18. The molecule has 0 spiro atoms. The van der Waals surface area contributed by atoms with Gasteiger partial charge in [-0.2, -0.15) is 0 Å². The summed E-state index contributed by atoms with van der Waals surface area (Å²) in [5.41, 5.74) is 4.69. The number of benzene rings is 6. The molecule has 0 bridgehead atoms. The zero-order chi connectivity index (χ0) is 32.1. The van der Waals surface area contributed by atoms with Crippen molar-refractivity contribution in [1.82, 2.24) is 0 Å². The van der Waals surface area contributed by atoms with Crippen molar-refractivity contribution in [1.29, 1.82) is 0 Å².